The molecule has 0 aliphatic heterocycles. The van der Waals surface area contributed by atoms with Gasteiger partial charge in [-0.1, -0.05) is 12.8 Å². The van der Waals surface area contributed by atoms with Crippen LogP contribution >= 0.6 is 0 Å². The van der Waals surface area contributed by atoms with Crippen LogP contribution in [0.3, 0.4) is 0 Å². The average Bonchev–Trinajstić information content (AvgIpc) is 2.91. The lowest BCUT2D eigenvalue weighted by atomic mass is 10.2. The number of nitrogens with one attached hydrogen (secondary N) is 1. The first-order valence-corrected chi connectivity index (χ1v) is 5.91. The van der Waals surface area contributed by atoms with Crippen molar-refractivity contribution in [3.8, 4) is 0 Å². The van der Waals surface area contributed by atoms with Crippen LogP contribution in [0, 0.1) is 0 Å². The Labute approximate surface area is 103 Å². The highest BCUT2D eigenvalue weighted by molar-refractivity contribution is 5.76. The Morgan fingerprint density at radius 3 is 2.78 bits per heavy atom. The summed E-state index contributed by atoms with van der Waals surface area (Å²) < 4.78 is 1.22. The summed E-state index contributed by atoms with van der Waals surface area (Å²) >= 11 is 0. The number of hydrogen-bond acceptors (Lipinski definition) is 5. The molecular formula is C10H15N5O3. The molecule has 1 aliphatic rings. The molecule has 1 fully saturated rings. The number of carbonyl (C=O) groups excluding carboxylic acids is 1. The monoisotopic (exact) mass is 253 g/mol. The van der Waals surface area contributed by atoms with Gasteiger partial charge < -0.3 is 10.4 Å². The molecule has 18 heavy (non-hydrogen) atoms. The number of carboxylic acid groups (broad SMARTS) is 1. The summed E-state index contributed by atoms with van der Waals surface area (Å²) in [5, 5.41) is 22.1. The fraction of sp³-hybridized carbons (Fsp3) is 0.700. The Hall–Kier alpha value is -1.99. The van der Waals surface area contributed by atoms with Gasteiger partial charge in [0.05, 0.1) is 0 Å². The molecule has 1 aliphatic carbocycles. The van der Waals surface area contributed by atoms with Gasteiger partial charge in [-0.15, -0.1) is 5.10 Å². The van der Waals surface area contributed by atoms with Crippen molar-refractivity contribution in [2.24, 2.45) is 0 Å². The lowest BCUT2D eigenvalue weighted by molar-refractivity contribution is -0.136. The molecular weight excluding hydrogens is 238 g/mol. The van der Waals surface area contributed by atoms with E-state index in [2.05, 4.69) is 20.8 Å². The molecule has 0 atom stereocenters. The SMILES string of the molecule is O=C(O)Cc1nnnn1CC(=O)NC1CCCC1. The lowest BCUT2D eigenvalue weighted by Gasteiger charge is -2.11. The minimum Gasteiger partial charge on any atom is -0.481 e. The number of rotatable bonds is 5. The Kier molecular flexibility index (Phi) is 3.85. The number of carbonyl (C=O) groups is 2. The van der Waals surface area contributed by atoms with E-state index < -0.39 is 5.97 Å². The summed E-state index contributed by atoms with van der Waals surface area (Å²) in [5.74, 6) is -1.02. The van der Waals surface area contributed by atoms with Crippen LogP contribution < -0.4 is 5.32 Å². The Morgan fingerprint density at radius 2 is 2.11 bits per heavy atom. The van der Waals surface area contributed by atoms with E-state index in [1.54, 1.807) is 0 Å². The zero-order valence-corrected chi connectivity index (χ0v) is 9.87. The Morgan fingerprint density at radius 1 is 1.39 bits per heavy atom. The van der Waals surface area contributed by atoms with Gasteiger partial charge in [0.15, 0.2) is 5.82 Å². The predicted octanol–water partition coefficient (Wildman–Crippen LogP) is -0.641. The first-order valence-electron chi connectivity index (χ1n) is 5.91. The normalized spacial score (nSPS) is 15.8. The van der Waals surface area contributed by atoms with Crippen LogP contribution in [0.1, 0.15) is 31.5 Å². The third kappa shape index (κ3) is 3.25. The van der Waals surface area contributed by atoms with Gasteiger partial charge in [0.25, 0.3) is 0 Å². The van der Waals surface area contributed by atoms with Crippen LogP contribution in [0.5, 0.6) is 0 Å². The van der Waals surface area contributed by atoms with E-state index in [0.29, 0.717) is 0 Å². The molecule has 2 N–H and O–H groups in total. The quantitative estimate of drug-likeness (QED) is 0.722. The minimum absolute atomic E-state index is 0.0356. The topological polar surface area (TPSA) is 110 Å². The largest absolute Gasteiger partial charge is 0.481 e. The van der Waals surface area contributed by atoms with Crippen LogP contribution in [-0.4, -0.2) is 43.2 Å². The molecule has 98 valence electrons. The van der Waals surface area contributed by atoms with Crippen molar-refractivity contribution in [1.82, 2.24) is 25.5 Å². The second-order valence-corrected chi connectivity index (χ2v) is 4.37. The summed E-state index contributed by atoms with van der Waals surface area (Å²) in [5.41, 5.74) is 0. The highest BCUT2D eigenvalue weighted by Gasteiger charge is 2.19. The maximum absolute atomic E-state index is 11.7. The maximum atomic E-state index is 11.7. The molecule has 0 aromatic carbocycles. The van der Waals surface area contributed by atoms with Gasteiger partial charge in [-0.3, -0.25) is 9.59 Å². The standard InChI is InChI=1S/C10H15N5O3/c16-9(11-7-3-1-2-4-7)6-15-8(5-10(17)18)12-13-14-15/h7H,1-6H2,(H,11,16)(H,17,18). The van der Waals surface area contributed by atoms with Gasteiger partial charge in [-0.05, 0) is 23.3 Å². The van der Waals surface area contributed by atoms with Crippen molar-refractivity contribution < 1.29 is 14.7 Å². The number of aliphatic carboxylic acids is 1. The van der Waals surface area contributed by atoms with Crippen LogP contribution in [0.2, 0.25) is 0 Å². The molecule has 0 spiro atoms. The van der Waals surface area contributed by atoms with E-state index in [1.165, 1.54) is 4.68 Å². The number of amides is 1. The highest BCUT2D eigenvalue weighted by atomic mass is 16.4. The smallest absolute Gasteiger partial charge is 0.311 e. The van der Waals surface area contributed by atoms with Crippen molar-refractivity contribution in [3.63, 3.8) is 0 Å². The average molecular weight is 253 g/mol. The van der Waals surface area contributed by atoms with Crippen molar-refractivity contribution >= 4 is 11.9 Å². The van der Waals surface area contributed by atoms with Crippen molar-refractivity contribution in [2.45, 2.75) is 44.7 Å². The molecule has 1 heterocycles. The molecule has 1 amide bonds. The number of aromatic nitrogens is 4. The molecule has 0 saturated heterocycles. The number of tetrazole rings is 1. The molecule has 8 heteroatoms. The van der Waals surface area contributed by atoms with E-state index in [4.69, 9.17) is 5.11 Å². The van der Waals surface area contributed by atoms with Crippen LogP contribution in [0.25, 0.3) is 0 Å². The highest BCUT2D eigenvalue weighted by Crippen LogP contribution is 2.17. The maximum Gasteiger partial charge on any atom is 0.311 e. The van der Waals surface area contributed by atoms with Crippen LogP contribution in [0.4, 0.5) is 0 Å². The third-order valence-corrected chi connectivity index (χ3v) is 2.93. The Bertz CT molecular complexity index is 438. The van der Waals surface area contributed by atoms with Crippen molar-refractivity contribution in [3.05, 3.63) is 5.82 Å². The summed E-state index contributed by atoms with van der Waals surface area (Å²) in [6.45, 7) is -0.0356. The van der Waals surface area contributed by atoms with Gasteiger partial charge in [-0.25, -0.2) is 4.68 Å². The minimum atomic E-state index is -1.03. The molecule has 1 aromatic heterocycles. The van der Waals surface area contributed by atoms with Gasteiger partial charge in [0.1, 0.15) is 13.0 Å². The second kappa shape index (κ2) is 5.56. The molecule has 2 rings (SSSR count). The first kappa shape index (κ1) is 12.5. The molecule has 0 unspecified atom stereocenters. The van der Waals surface area contributed by atoms with Gasteiger partial charge in [0.2, 0.25) is 5.91 Å². The zero-order chi connectivity index (χ0) is 13.0. The summed E-state index contributed by atoms with van der Waals surface area (Å²) in [6, 6.07) is 0.233. The van der Waals surface area contributed by atoms with E-state index in [-0.39, 0.29) is 30.7 Å². The van der Waals surface area contributed by atoms with E-state index in [1.807, 2.05) is 0 Å². The van der Waals surface area contributed by atoms with Gasteiger partial charge in [0, 0.05) is 6.04 Å². The van der Waals surface area contributed by atoms with Crippen molar-refractivity contribution in [1.29, 1.82) is 0 Å². The summed E-state index contributed by atoms with van der Waals surface area (Å²) in [4.78, 5) is 22.3. The number of hydrogen-bond donors (Lipinski definition) is 2. The molecule has 0 radical (unpaired) electrons. The van der Waals surface area contributed by atoms with E-state index >= 15 is 0 Å². The fourth-order valence-corrected chi connectivity index (χ4v) is 2.09. The Balaban J connectivity index is 1.89. The molecule has 0 bridgehead atoms. The molecule has 1 saturated carbocycles. The molecule has 8 nitrogen and oxygen atoms in total. The third-order valence-electron chi connectivity index (χ3n) is 2.93. The predicted molar refractivity (Wildman–Crippen MR) is 59.6 cm³/mol. The van der Waals surface area contributed by atoms with Crippen LogP contribution in [-0.2, 0) is 22.6 Å². The summed E-state index contributed by atoms with van der Waals surface area (Å²) in [6.07, 6.45) is 4.00. The first-order chi connectivity index (χ1) is 8.65. The van der Waals surface area contributed by atoms with Crippen LogP contribution in [0.15, 0.2) is 0 Å². The molecule has 1 aromatic rings. The second-order valence-electron chi connectivity index (χ2n) is 4.37. The lowest BCUT2D eigenvalue weighted by Crippen LogP contribution is -2.35. The van der Waals surface area contributed by atoms with Gasteiger partial charge in [-0.2, -0.15) is 0 Å². The zero-order valence-electron chi connectivity index (χ0n) is 9.87. The van der Waals surface area contributed by atoms with Gasteiger partial charge >= 0.3 is 5.97 Å². The number of carboxylic acids is 1. The summed E-state index contributed by atoms with van der Waals surface area (Å²) in [7, 11) is 0. The van der Waals surface area contributed by atoms with E-state index in [0.717, 1.165) is 25.7 Å². The number of nitrogens with zero attached hydrogens (tertiary/aromatic N) is 4. The van der Waals surface area contributed by atoms with Crippen molar-refractivity contribution in [2.75, 3.05) is 0 Å². The van der Waals surface area contributed by atoms with E-state index in [9.17, 15) is 9.59 Å². The fourth-order valence-electron chi connectivity index (χ4n) is 2.09.